The molecule has 0 amide bonds. The molecule has 0 aliphatic rings. The van der Waals surface area contributed by atoms with Gasteiger partial charge in [-0.2, -0.15) is 0 Å². The van der Waals surface area contributed by atoms with Gasteiger partial charge in [-0.3, -0.25) is 18.9 Å². The maximum Gasteiger partial charge on any atom is 0.270 e. The lowest BCUT2D eigenvalue weighted by Crippen LogP contribution is -1.91. The molecule has 0 fully saturated rings. The molecule has 72 valence electrons. The Morgan fingerprint density at radius 1 is 1.50 bits per heavy atom. The Bertz CT molecular complexity index is 569. The average Bonchev–Trinajstić information content (AvgIpc) is 2.42. The molecule has 0 unspecified atom stereocenters. The normalized spacial score (nSPS) is 10.6. The topological polar surface area (TPSA) is 65.1 Å². The molecule has 1 aromatic heterocycles. The molecular formula is C8H6N2O3S. The molecule has 2 aromatic rings. The first-order chi connectivity index (χ1) is 6.59. The Kier molecular flexibility index (Phi) is 1.85. The number of fused-ring (bicyclic) bond motifs is 1. The van der Waals surface area contributed by atoms with Crippen LogP contribution in [0, 0.1) is 10.1 Å². The third-order valence-electron chi connectivity index (χ3n) is 1.97. The highest BCUT2D eigenvalue weighted by Gasteiger charge is 2.10. The highest BCUT2D eigenvalue weighted by molar-refractivity contribution is 7.05. The van der Waals surface area contributed by atoms with Crippen LogP contribution in [-0.2, 0) is 7.05 Å². The summed E-state index contributed by atoms with van der Waals surface area (Å²) in [6.45, 7) is 0. The summed E-state index contributed by atoms with van der Waals surface area (Å²) in [5.74, 6) is 0. The van der Waals surface area contributed by atoms with Crippen LogP contribution >= 0.6 is 11.5 Å². The molecule has 0 saturated heterocycles. The van der Waals surface area contributed by atoms with Crippen molar-refractivity contribution in [2.75, 3.05) is 0 Å². The van der Waals surface area contributed by atoms with Gasteiger partial charge in [-0.1, -0.05) is 0 Å². The van der Waals surface area contributed by atoms with Crippen molar-refractivity contribution in [3.05, 3.63) is 37.9 Å². The van der Waals surface area contributed by atoms with E-state index < -0.39 is 4.92 Å². The minimum Gasteiger partial charge on any atom is -0.297 e. The number of hydrogen-bond donors (Lipinski definition) is 0. The number of nitro benzene ring substituents is 1. The van der Waals surface area contributed by atoms with E-state index in [1.807, 2.05) is 0 Å². The number of nitrogens with zero attached hydrogens (tertiary/aromatic N) is 2. The molecule has 0 spiro atoms. The van der Waals surface area contributed by atoms with Gasteiger partial charge >= 0.3 is 0 Å². The molecule has 0 saturated carbocycles. The van der Waals surface area contributed by atoms with Crippen LogP contribution in [0.3, 0.4) is 0 Å². The van der Waals surface area contributed by atoms with Crippen LogP contribution in [0.4, 0.5) is 5.69 Å². The number of nitro groups is 1. The van der Waals surface area contributed by atoms with Crippen LogP contribution in [-0.4, -0.2) is 8.88 Å². The maximum absolute atomic E-state index is 11.3. The van der Waals surface area contributed by atoms with Crippen molar-refractivity contribution in [1.82, 2.24) is 3.96 Å². The van der Waals surface area contributed by atoms with E-state index in [1.165, 1.54) is 12.1 Å². The van der Waals surface area contributed by atoms with E-state index in [-0.39, 0.29) is 10.4 Å². The Labute approximate surface area is 82.5 Å². The van der Waals surface area contributed by atoms with Crippen LogP contribution in [0.25, 0.3) is 10.9 Å². The van der Waals surface area contributed by atoms with Crippen molar-refractivity contribution in [2.24, 2.45) is 7.05 Å². The summed E-state index contributed by atoms with van der Waals surface area (Å²) < 4.78 is 1.55. The lowest BCUT2D eigenvalue weighted by atomic mass is 10.2. The molecule has 6 heteroatoms. The Morgan fingerprint density at radius 3 is 2.86 bits per heavy atom. The smallest absolute Gasteiger partial charge is 0.270 e. The van der Waals surface area contributed by atoms with E-state index in [4.69, 9.17) is 0 Å². The molecular weight excluding hydrogens is 204 g/mol. The number of benzene rings is 1. The number of aromatic nitrogens is 1. The molecule has 0 radical (unpaired) electrons. The van der Waals surface area contributed by atoms with Gasteiger partial charge in [0.2, 0.25) is 0 Å². The first-order valence-electron chi connectivity index (χ1n) is 3.84. The van der Waals surface area contributed by atoms with Crippen molar-refractivity contribution in [3.8, 4) is 0 Å². The minimum atomic E-state index is -0.503. The Balaban J connectivity index is 2.84. The highest BCUT2D eigenvalue weighted by atomic mass is 32.1. The second-order valence-electron chi connectivity index (χ2n) is 2.83. The lowest BCUT2D eigenvalue weighted by Gasteiger charge is -1.93. The average molecular weight is 210 g/mol. The molecule has 0 aliphatic carbocycles. The monoisotopic (exact) mass is 210 g/mol. The first-order valence-corrected chi connectivity index (χ1v) is 4.61. The summed E-state index contributed by atoms with van der Waals surface area (Å²) in [5, 5.41) is 10.9. The molecule has 0 bridgehead atoms. The standard InChI is InChI=1S/C8H6N2O3S/c1-9-7-3-2-5(10(12)13)4-6(7)8(11)14-9/h2-4H,1H3. The summed E-state index contributed by atoms with van der Waals surface area (Å²) >= 11 is 1.04. The van der Waals surface area contributed by atoms with E-state index in [1.54, 1.807) is 17.1 Å². The number of hydrogen-bond acceptors (Lipinski definition) is 4. The predicted molar refractivity (Wildman–Crippen MR) is 53.7 cm³/mol. The lowest BCUT2D eigenvalue weighted by molar-refractivity contribution is -0.384. The first kappa shape index (κ1) is 8.89. The second-order valence-corrected chi connectivity index (χ2v) is 3.94. The fraction of sp³-hybridized carbons (Fsp3) is 0.125. The van der Waals surface area contributed by atoms with Crippen LogP contribution in [0.5, 0.6) is 0 Å². The zero-order valence-corrected chi connectivity index (χ0v) is 8.08. The van der Waals surface area contributed by atoms with E-state index in [9.17, 15) is 14.9 Å². The summed E-state index contributed by atoms with van der Waals surface area (Å²) in [4.78, 5) is 21.3. The summed E-state index contributed by atoms with van der Waals surface area (Å²) in [6, 6.07) is 4.30. The summed E-state index contributed by atoms with van der Waals surface area (Å²) in [6.07, 6.45) is 0. The number of non-ortho nitro benzene ring substituents is 1. The van der Waals surface area contributed by atoms with Crippen molar-refractivity contribution >= 4 is 28.1 Å². The van der Waals surface area contributed by atoms with Crippen LogP contribution < -0.4 is 4.74 Å². The highest BCUT2D eigenvalue weighted by Crippen LogP contribution is 2.19. The molecule has 1 heterocycles. The van der Waals surface area contributed by atoms with E-state index in [0.717, 1.165) is 17.0 Å². The maximum atomic E-state index is 11.3. The molecule has 0 aliphatic heterocycles. The Morgan fingerprint density at radius 2 is 2.21 bits per heavy atom. The molecule has 14 heavy (non-hydrogen) atoms. The predicted octanol–water partition coefficient (Wildman–Crippen LogP) is 1.51. The molecule has 5 nitrogen and oxygen atoms in total. The van der Waals surface area contributed by atoms with Crippen molar-refractivity contribution in [3.63, 3.8) is 0 Å². The minimum absolute atomic E-state index is 0.0481. The fourth-order valence-corrected chi connectivity index (χ4v) is 2.07. The third kappa shape index (κ3) is 1.20. The SMILES string of the molecule is Cn1sc(=O)c2cc([N+](=O)[O-])ccc21. The van der Waals surface area contributed by atoms with E-state index >= 15 is 0 Å². The molecule has 0 atom stereocenters. The second kappa shape index (κ2) is 2.91. The summed E-state index contributed by atoms with van der Waals surface area (Å²) in [7, 11) is 1.75. The Hall–Kier alpha value is -1.69. The fourth-order valence-electron chi connectivity index (χ4n) is 1.30. The number of aryl methyl sites for hydroxylation is 1. The molecule has 2 rings (SSSR count). The molecule has 0 N–H and O–H groups in total. The summed E-state index contributed by atoms with van der Waals surface area (Å²) in [5.41, 5.74) is 0.679. The number of rotatable bonds is 1. The van der Waals surface area contributed by atoms with Crippen molar-refractivity contribution in [1.29, 1.82) is 0 Å². The van der Waals surface area contributed by atoms with Gasteiger partial charge in [-0.15, -0.1) is 0 Å². The van der Waals surface area contributed by atoms with E-state index in [2.05, 4.69) is 0 Å². The van der Waals surface area contributed by atoms with E-state index in [0.29, 0.717) is 5.39 Å². The quantitative estimate of drug-likeness (QED) is 0.529. The van der Waals surface area contributed by atoms with Crippen LogP contribution in [0.15, 0.2) is 23.0 Å². The van der Waals surface area contributed by atoms with Gasteiger partial charge in [0.25, 0.3) is 10.4 Å². The van der Waals surface area contributed by atoms with Crippen LogP contribution in [0.2, 0.25) is 0 Å². The molecule has 1 aromatic carbocycles. The van der Waals surface area contributed by atoms with Gasteiger partial charge in [0.05, 0.1) is 15.8 Å². The zero-order valence-electron chi connectivity index (χ0n) is 7.26. The van der Waals surface area contributed by atoms with Crippen molar-refractivity contribution in [2.45, 2.75) is 0 Å². The third-order valence-corrected chi connectivity index (χ3v) is 2.83. The van der Waals surface area contributed by atoms with Gasteiger partial charge in [0.15, 0.2) is 0 Å². The van der Waals surface area contributed by atoms with Crippen molar-refractivity contribution < 1.29 is 4.92 Å². The zero-order chi connectivity index (χ0) is 10.3. The van der Waals surface area contributed by atoms with Gasteiger partial charge in [0.1, 0.15) is 0 Å². The van der Waals surface area contributed by atoms with Gasteiger partial charge in [-0.05, 0) is 17.6 Å². The van der Waals surface area contributed by atoms with Gasteiger partial charge in [-0.25, -0.2) is 0 Å². The van der Waals surface area contributed by atoms with Gasteiger partial charge < -0.3 is 0 Å². The van der Waals surface area contributed by atoms with Gasteiger partial charge in [0, 0.05) is 19.2 Å². The van der Waals surface area contributed by atoms with Crippen LogP contribution in [0.1, 0.15) is 0 Å². The largest absolute Gasteiger partial charge is 0.297 e.